The molecule has 1 unspecified atom stereocenters. The van der Waals surface area contributed by atoms with E-state index in [9.17, 15) is 4.79 Å². The number of Topliss-reactive ketones (excluding diaryl/α,β-unsaturated/α-hetero) is 1. The third-order valence-electron chi connectivity index (χ3n) is 5.99. The van der Waals surface area contributed by atoms with E-state index in [4.69, 9.17) is 4.74 Å². The summed E-state index contributed by atoms with van der Waals surface area (Å²) in [6.45, 7) is 0.819. The molecular formula is C18H30O2. The van der Waals surface area contributed by atoms with Crippen molar-refractivity contribution >= 4 is 5.78 Å². The van der Waals surface area contributed by atoms with E-state index in [0.29, 0.717) is 11.7 Å². The van der Waals surface area contributed by atoms with Gasteiger partial charge in [0.05, 0.1) is 5.60 Å². The first-order valence-corrected chi connectivity index (χ1v) is 8.94. The third-order valence-corrected chi connectivity index (χ3v) is 5.99. The van der Waals surface area contributed by atoms with Crippen LogP contribution in [0, 0.1) is 11.8 Å². The minimum Gasteiger partial charge on any atom is -0.375 e. The number of rotatable bonds is 4. The van der Waals surface area contributed by atoms with Crippen molar-refractivity contribution in [3.63, 3.8) is 0 Å². The molecule has 0 amide bonds. The molecule has 3 aliphatic rings. The van der Waals surface area contributed by atoms with Crippen LogP contribution in [0.1, 0.15) is 83.5 Å². The smallest absolute Gasteiger partial charge is 0.136 e. The second-order valence-corrected chi connectivity index (χ2v) is 7.44. The van der Waals surface area contributed by atoms with Crippen molar-refractivity contribution in [1.82, 2.24) is 0 Å². The summed E-state index contributed by atoms with van der Waals surface area (Å²) >= 11 is 0. The Bertz CT molecular complexity index is 319. The predicted octanol–water partition coefficient (Wildman–Crippen LogP) is 4.66. The Morgan fingerprint density at radius 3 is 2.50 bits per heavy atom. The maximum absolute atomic E-state index is 12.5. The Hall–Kier alpha value is -0.370. The first-order valence-electron chi connectivity index (χ1n) is 8.94. The molecule has 0 aromatic carbocycles. The molecule has 2 saturated carbocycles. The Morgan fingerprint density at radius 1 is 1.00 bits per heavy atom. The van der Waals surface area contributed by atoms with E-state index in [1.165, 1.54) is 57.8 Å². The van der Waals surface area contributed by atoms with Crippen LogP contribution >= 0.6 is 0 Å². The van der Waals surface area contributed by atoms with Crippen molar-refractivity contribution in [3.05, 3.63) is 0 Å². The molecule has 0 N–H and O–H groups in total. The minimum atomic E-state index is 0.0875. The molecule has 20 heavy (non-hydrogen) atoms. The summed E-state index contributed by atoms with van der Waals surface area (Å²) in [7, 11) is 0. The maximum atomic E-state index is 12.5. The quantitative estimate of drug-likeness (QED) is 0.748. The second-order valence-electron chi connectivity index (χ2n) is 7.44. The molecule has 2 heteroatoms. The van der Waals surface area contributed by atoms with Crippen LogP contribution in [0.25, 0.3) is 0 Å². The lowest BCUT2D eigenvalue weighted by Crippen LogP contribution is -2.43. The van der Waals surface area contributed by atoms with Crippen LogP contribution < -0.4 is 0 Å². The van der Waals surface area contributed by atoms with E-state index in [0.717, 1.165) is 38.2 Å². The van der Waals surface area contributed by atoms with Crippen molar-refractivity contribution in [3.8, 4) is 0 Å². The van der Waals surface area contributed by atoms with Gasteiger partial charge in [0.2, 0.25) is 0 Å². The normalized spacial score (nSPS) is 30.7. The molecule has 1 spiro atoms. The molecule has 0 bridgehead atoms. The van der Waals surface area contributed by atoms with Gasteiger partial charge in [0.1, 0.15) is 5.78 Å². The van der Waals surface area contributed by atoms with Crippen LogP contribution in [0.15, 0.2) is 0 Å². The number of carbonyl (C=O) groups excluding carboxylic acids is 1. The van der Waals surface area contributed by atoms with Crippen molar-refractivity contribution in [2.24, 2.45) is 11.8 Å². The maximum Gasteiger partial charge on any atom is 0.136 e. The van der Waals surface area contributed by atoms with E-state index < -0.39 is 0 Å². The van der Waals surface area contributed by atoms with Gasteiger partial charge in [-0.1, -0.05) is 44.9 Å². The van der Waals surface area contributed by atoms with Crippen molar-refractivity contribution in [2.75, 3.05) is 6.61 Å². The summed E-state index contributed by atoms with van der Waals surface area (Å²) in [6.07, 6.45) is 15.8. The molecule has 2 nitrogen and oxygen atoms in total. The van der Waals surface area contributed by atoms with Gasteiger partial charge in [-0.3, -0.25) is 4.79 Å². The zero-order valence-electron chi connectivity index (χ0n) is 12.9. The van der Waals surface area contributed by atoms with Crippen LogP contribution in [-0.4, -0.2) is 18.0 Å². The molecule has 2 aliphatic carbocycles. The topological polar surface area (TPSA) is 26.3 Å². The summed E-state index contributed by atoms with van der Waals surface area (Å²) in [4.78, 5) is 12.5. The largest absolute Gasteiger partial charge is 0.375 e. The SMILES string of the molecule is O=C(CCC1CCCC1)C1CCOC2(CCCCC2)C1. The molecule has 1 aliphatic heterocycles. The van der Waals surface area contributed by atoms with Gasteiger partial charge in [-0.05, 0) is 38.0 Å². The van der Waals surface area contributed by atoms with Gasteiger partial charge in [0, 0.05) is 18.9 Å². The molecule has 1 heterocycles. The molecule has 0 aromatic heterocycles. The fraction of sp³-hybridized carbons (Fsp3) is 0.944. The van der Waals surface area contributed by atoms with E-state index in [2.05, 4.69) is 0 Å². The zero-order valence-corrected chi connectivity index (χ0v) is 12.9. The van der Waals surface area contributed by atoms with Gasteiger partial charge >= 0.3 is 0 Å². The van der Waals surface area contributed by atoms with Crippen LogP contribution in [0.5, 0.6) is 0 Å². The molecule has 1 saturated heterocycles. The number of ether oxygens (including phenoxy) is 1. The lowest BCUT2D eigenvalue weighted by Gasteiger charge is -2.43. The molecule has 114 valence electrons. The molecule has 0 aromatic rings. The van der Waals surface area contributed by atoms with E-state index in [-0.39, 0.29) is 5.60 Å². The monoisotopic (exact) mass is 278 g/mol. The first-order chi connectivity index (χ1) is 9.77. The van der Waals surface area contributed by atoms with Gasteiger partial charge in [0.15, 0.2) is 0 Å². The standard InChI is InChI=1S/C18H30O2/c19-17(9-8-15-6-2-3-7-15)16-10-13-20-18(14-16)11-4-1-5-12-18/h15-16H,1-14H2. The molecule has 3 fully saturated rings. The average Bonchev–Trinajstić information content (AvgIpc) is 2.99. The average molecular weight is 278 g/mol. The Balaban J connectivity index is 1.49. The van der Waals surface area contributed by atoms with Crippen LogP contribution in [-0.2, 0) is 9.53 Å². The van der Waals surface area contributed by atoms with Crippen molar-refractivity contribution in [2.45, 2.75) is 89.1 Å². The van der Waals surface area contributed by atoms with Gasteiger partial charge in [-0.2, -0.15) is 0 Å². The summed E-state index contributed by atoms with van der Waals surface area (Å²) in [5.74, 6) is 1.70. The highest BCUT2D eigenvalue weighted by atomic mass is 16.5. The second kappa shape index (κ2) is 6.60. The van der Waals surface area contributed by atoms with Gasteiger partial charge < -0.3 is 4.74 Å². The molecular weight excluding hydrogens is 248 g/mol. The first kappa shape index (κ1) is 14.6. The van der Waals surface area contributed by atoms with E-state index in [1.807, 2.05) is 0 Å². The predicted molar refractivity (Wildman–Crippen MR) is 80.7 cm³/mol. The van der Waals surface area contributed by atoms with Crippen LogP contribution in [0.3, 0.4) is 0 Å². The molecule has 1 atom stereocenters. The highest BCUT2D eigenvalue weighted by Crippen LogP contribution is 2.41. The number of carbonyl (C=O) groups is 1. The van der Waals surface area contributed by atoms with Gasteiger partial charge in [-0.15, -0.1) is 0 Å². The highest BCUT2D eigenvalue weighted by Gasteiger charge is 2.40. The third kappa shape index (κ3) is 3.44. The van der Waals surface area contributed by atoms with E-state index >= 15 is 0 Å². The minimum absolute atomic E-state index is 0.0875. The fourth-order valence-corrected chi connectivity index (χ4v) is 4.70. The summed E-state index contributed by atoms with van der Waals surface area (Å²) in [5, 5.41) is 0. The highest BCUT2D eigenvalue weighted by molar-refractivity contribution is 5.81. The Morgan fingerprint density at radius 2 is 1.75 bits per heavy atom. The zero-order chi connectivity index (χ0) is 13.8. The summed E-state index contributed by atoms with van der Waals surface area (Å²) in [5.41, 5.74) is 0.0875. The Kier molecular flexibility index (Phi) is 4.80. The molecule has 0 radical (unpaired) electrons. The van der Waals surface area contributed by atoms with E-state index in [1.54, 1.807) is 0 Å². The van der Waals surface area contributed by atoms with Gasteiger partial charge in [0.25, 0.3) is 0 Å². The summed E-state index contributed by atoms with van der Waals surface area (Å²) in [6, 6.07) is 0. The Labute approximate surface area is 123 Å². The fourth-order valence-electron chi connectivity index (χ4n) is 4.70. The van der Waals surface area contributed by atoms with Crippen LogP contribution in [0.4, 0.5) is 0 Å². The summed E-state index contributed by atoms with van der Waals surface area (Å²) < 4.78 is 6.11. The number of hydrogen-bond donors (Lipinski definition) is 0. The lowest BCUT2D eigenvalue weighted by molar-refractivity contribution is -0.143. The number of hydrogen-bond acceptors (Lipinski definition) is 2. The number of ketones is 1. The lowest BCUT2D eigenvalue weighted by atomic mass is 9.74. The van der Waals surface area contributed by atoms with Crippen molar-refractivity contribution in [1.29, 1.82) is 0 Å². The molecule has 3 rings (SSSR count). The van der Waals surface area contributed by atoms with Crippen molar-refractivity contribution < 1.29 is 9.53 Å². The van der Waals surface area contributed by atoms with Gasteiger partial charge in [-0.25, -0.2) is 0 Å². The van der Waals surface area contributed by atoms with Crippen LogP contribution in [0.2, 0.25) is 0 Å².